The van der Waals surface area contributed by atoms with Gasteiger partial charge in [-0.1, -0.05) is 38.5 Å². The van der Waals surface area contributed by atoms with Crippen LogP contribution in [0.3, 0.4) is 0 Å². The summed E-state index contributed by atoms with van der Waals surface area (Å²) in [5, 5.41) is 8.66. The summed E-state index contributed by atoms with van der Waals surface area (Å²) in [6.45, 7) is 6.04. The lowest BCUT2D eigenvalue weighted by molar-refractivity contribution is -0.144. The molecule has 0 bridgehead atoms. The van der Waals surface area contributed by atoms with E-state index >= 15 is 0 Å². The summed E-state index contributed by atoms with van der Waals surface area (Å²) in [5.41, 5.74) is 0. The fourth-order valence-corrected chi connectivity index (χ4v) is 2.82. The Morgan fingerprint density at radius 1 is 0.903 bits per heavy atom. The van der Waals surface area contributed by atoms with Crippen molar-refractivity contribution in [3.63, 3.8) is 0 Å². The molecule has 0 aromatic carbocycles. The summed E-state index contributed by atoms with van der Waals surface area (Å²) in [6, 6.07) is 0. The minimum Gasteiger partial charge on any atom is -0.464 e. The van der Waals surface area contributed by atoms with Gasteiger partial charge in [-0.3, -0.25) is 4.79 Å². The molecule has 0 atom stereocenters. The van der Waals surface area contributed by atoms with Gasteiger partial charge in [0, 0.05) is 32.1 Å². The first-order valence-corrected chi connectivity index (χ1v) is 10.9. The second kappa shape index (κ2) is 16.1. The number of ether oxygens (including phenoxy) is 1. The highest BCUT2D eigenvalue weighted by molar-refractivity contribution is 5.69. The molecule has 0 radical (unpaired) electrons. The number of aromatic nitrogens is 4. The highest BCUT2D eigenvalue weighted by atomic mass is 16.7. The molecule has 2 aromatic heterocycles. The van der Waals surface area contributed by atoms with E-state index in [0.717, 1.165) is 31.5 Å². The van der Waals surface area contributed by atoms with Crippen LogP contribution in [-0.4, -0.2) is 49.5 Å². The largest absolute Gasteiger partial charge is 0.464 e. The maximum absolute atomic E-state index is 11.6. The van der Waals surface area contributed by atoms with Crippen LogP contribution >= 0.6 is 0 Å². The third-order valence-electron chi connectivity index (χ3n) is 4.55. The Morgan fingerprint density at radius 3 is 2.00 bits per heavy atom. The molecule has 174 valence electrons. The Hall–Kier alpha value is -2.68. The SMILES string of the molecule is CC(=O)On1ccnc1C.Cc1nccn1CC(=O)OCCCCCCCCCCO. The van der Waals surface area contributed by atoms with Gasteiger partial charge in [-0.05, 0) is 26.7 Å². The van der Waals surface area contributed by atoms with Crippen molar-refractivity contribution in [2.45, 2.75) is 78.7 Å². The Balaban J connectivity index is 0.000000399. The topological polar surface area (TPSA) is 108 Å². The van der Waals surface area contributed by atoms with Crippen LogP contribution in [-0.2, 0) is 20.9 Å². The first-order chi connectivity index (χ1) is 14.9. The number of carbonyl (C=O) groups is 2. The number of nitrogens with zero attached hydrogens (tertiary/aromatic N) is 4. The summed E-state index contributed by atoms with van der Waals surface area (Å²) in [7, 11) is 0. The monoisotopic (exact) mass is 436 g/mol. The van der Waals surface area contributed by atoms with Gasteiger partial charge in [-0.15, -0.1) is 0 Å². The number of rotatable bonds is 13. The molecule has 0 aliphatic carbocycles. The smallest absolute Gasteiger partial charge is 0.329 e. The van der Waals surface area contributed by atoms with E-state index in [9.17, 15) is 9.59 Å². The minimum absolute atomic E-state index is 0.194. The molecule has 2 aromatic rings. The first kappa shape index (κ1) is 26.4. The van der Waals surface area contributed by atoms with Crippen molar-refractivity contribution >= 4 is 11.9 Å². The molecule has 1 N–H and O–H groups in total. The van der Waals surface area contributed by atoms with E-state index in [2.05, 4.69) is 9.97 Å². The molecule has 2 heterocycles. The third-order valence-corrected chi connectivity index (χ3v) is 4.55. The highest BCUT2D eigenvalue weighted by Gasteiger charge is 2.05. The number of hydrogen-bond acceptors (Lipinski definition) is 7. The summed E-state index contributed by atoms with van der Waals surface area (Å²) in [4.78, 5) is 34.6. The quantitative estimate of drug-likeness (QED) is 0.380. The van der Waals surface area contributed by atoms with Crippen LogP contribution in [0.2, 0.25) is 0 Å². The standard InChI is InChI=1S/C16H28N2O3.C6H8N2O2/c1-15-17-10-11-18(15)14-16(20)21-13-9-7-5-3-2-4-6-8-12-19;1-5-7-3-4-8(5)10-6(2)9/h10-11,19H,2-9,12-14H2,1H3;3-4H,1-2H3. The van der Waals surface area contributed by atoms with E-state index in [4.69, 9.17) is 14.7 Å². The Kier molecular flexibility index (Phi) is 13.7. The predicted octanol–water partition coefficient (Wildman–Crippen LogP) is 3.01. The first-order valence-electron chi connectivity index (χ1n) is 10.9. The number of aryl methyl sites for hydroxylation is 2. The molecule has 0 aliphatic rings. The van der Waals surface area contributed by atoms with E-state index < -0.39 is 0 Å². The van der Waals surface area contributed by atoms with Gasteiger partial charge in [0.25, 0.3) is 0 Å². The highest BCUT2D eigenvalue weighted by Crippen LogP contribution is 2.08. The Morgan fingerprint density at radius 2 is 1.48 bits per heavy atom. The van der Waals surface area contributed by atoms with Crippen molar-refractivity contribution in [1.29, 1.82) is 0 Å². The maximum Gasteiger partial charge on any atom is 0.329 e. The number of imidazole rings is 2. The maximum atomic E-state index is 11.6. The lowest BCUT2D eigenvalue weighted by Gasteiger charge is -2.06. The molecule has 0 fully saturated rings. The van der Waals surface area contributed by atoms with Crippen LogP contribution < -0.4 is 4.84 Å². The average molecular weight is 437 g/mol. The molecule has 2 rings (SSSR count). The van der Waals surface area contributed by atoms with Crippen molar-refractivity contribution in [2.24, 2.45) is 0 Å². The summed E-state index contributed by atoms with van der Waals surface area (Å²) >= 11 is 0. The number of hydrogen-bond donors (Lipinski definition) is 1. The normalized spacial score (nSPS) is 10.3. The van der Waals surface area contributed by atoms with E-state index in [1.165, 1.54) is 37.3 Å². The van der Waals surface area contributed by atoms with Gasteiger partial charge in [0.05, 0.1) is 12.8 Å². The van der Waals surface area contributed by atoms with Crippen LogP contribution in [0.4, 0.5) is 0 Å². The fourth-order valence-electron chi connectivity index (χ4n) is 2.82. The van der Waals surface area contributed by atoms with E-state index in [-0.39, 0.29) is 18.5 Å². The molecular formula is C22H36N4O5. The van der Waals surface area contributed by atoms with Crippen LogP contribution in [0.5, 0.6) is 0 Å². The number of esters is 1. The van der Waals surface area contributed by atoms with Crippen molar-refractivity contribution in [1.82, 2.24) is 19.3 Å². The number of aliphatic hydroxyl groups excluding tert-OH is 1. The zero-order valence-corrected chi connectivity index (χ0v) is 19.0. The number of aliphatic hydroxyl groups is 1. The molecule has 0 amide bonds. The second-order valence-electron chi connectivity index (χ2n) is 7.26. The van der Waals surface area contributed by atoms with Gasteiger partial charge < -0.3 is 19.2 Å². The van der Waals surface area contributed by atoms with Crippen molar-refractivity contribution in [3.8, 4) is 0 Å². The summed E-state index contributed by atoms with van der Waals surface area (Å²) in [5.74, 6) is 0.949. The number of carbonyl (C=O) groups excluding carboxylic acids is 2. The molecule has 0 aliphatic heterocycles. The zero-order valence-electron chi connectivity index (χ0n) is 19.0. The lowest BCUT2D eigenvalue weighted by Crippen LogP contribution is -2.16. The molecule has 9 nitrogen and oxygen atoms in total. The van der Waals surface area contributed by atoms with Gasteiger partial charge in [-0.2, -0.15) is 4.73 Å². The van der Waals surface area contributed by atoms with Gasteiger partial charge >= 0.3 is 11.9 Å². The Labute approximate surface area is 184 Å². The molecule has 0 saturated carbocycles. The second-order valence-corrected chi connectivity index (χ2v) is 7.26. The molecule has 0 saturated heterocycles. The van der Waals surface area contributed by atoms with Crippen LogP contribution in [0.25, 0.3) is 0 Å². The third kappa shape index (κ3) is 12.6. The average Bonchev–Trinajstić information content (AvgIpc) is 3.31. The van der Waals surface area contributed by atoms with E-state index in [1.54, 1.807) is 36.3 Å². The molecule has 0 spiro atoms. The molecule has 0 unspecified atom stereocenters. The minimum atomic E-state index is -0.346. The number of unbranched alkanes of at least 4 members (excludes halogenated alkanes) is 7. The Bertz CT molecular complexity index is 757. The predicted molar refractivity (Wildman–Crippen MR) is 116 cm³/mol. The summed E-state index contributed by atoms with van der Waals surface area (Å²) < 4.78 is 8.32. The van der Waals surface area contributed by atoms with Crippen molar-refractivity contribution < 1.29 is 24.3 Å². The van der Waals surface area contributed by atoms with Gasteiger partial charge in [0.15, 0.2) is 0 Å². The summed E-state index contributed by atoms with van der Waals surface area (Å²) in [6.07, 6.45) is 15.6. The molecule has 31 heavy (non-hydrogen) atoms. The molecule has 9 heteroatoms. The van der Waals surface area contributed by atoms with Crippen molar-refractivity contribution in [3.05, 3.63) is 36.4 Å². The van der Waals surface area contributed by atoms with Crippen LogP contribution in [0, 0.1) is 13.8 Å². The van der Waals surface area contributed by atoms with Crippen LogP contribution in [0.1, 0.15) is 69.9 Å². The van der Waals surface area contributed by atoms with Gasteiger partial charge in [0.2, 0.25) is 0 Å². The fraction of sp³-hybridized carbons (Fsp3) is 0.636. The van der Waals surface area contributed by atoms with Crippen molar-refractivity contribution in [2.75, 3.05) is 13.2 Å². The van der Waals surface area contributed by atoms with Crippen LogP contribution in [0.15, 0.2) is 24.8 Å². The van der Waals surface area contributed by atoms with E-state index in [0.29, 0.717) is 19.0 Å². The van der Waals surface area contributed by atoms with Gasteiger partial charge in [-0.25, -0.2) is 14.8 Å². The zero-order chi connectivity index (χ0) is 22.9. The van der Waals surface area contributed by atoms with E-state index in [1.807, 2.05) is 6.92 Å². The lowest BCUT2D eigenvalue weighted by atomic mass is 10.1. The molecular weight excluding hydrogens is 400 g/mol. The van der Waals surface area contributed by atoms with Gasteiger partial charge in [0.1, 0.15) is 18.2 Å².